The van der Waals surface area contributed by atoms with E-state index in [1.165, 1.54) is 24.8 Å². The third-order valence-electron chi connectivity index (χ3n) is 5.47. The first kappa shape index (κ1) is 18.3. The van der Waals surface area contributed by atoms with Crippen LogP contribution in [0.1, 0.15) is 46.5 Å². The van der Waals surface area contributed by atoms with Gasteiger partial charge in [-0.1, -0.05) is 39.3 Å². The van der Waals surface area contributed by atoms with Crippen LogP contribution in [0.4, 0.5) is 0 Å². The highest BCUT2D eigenvalue weighted by Gasteiger charge is 2.34. The summed E-state index contributed by atoms with van der Waals surface area (Å²) in [5.41, 5.74) is 1.25. The lowest BCUT2D eigenvalue weighted by molar-refractivity contribution is -0.146. The molecule has 0 radical (unpaired) electrons. The van der Waals surface area contributed by atoms with Crippen molar-refractivity contribution >= 4 is 29.5 Å². The SMILES string of the molecule is C=C1CSCC(OC(=O)CC2CCC(CC)C(C)C2C)SC1. The molecule has 0 spiro atoms. The molecule has 22 heavy (non-hydrogen) atoms. The van der Waals surface area contributed by atoms with Crippen LogP contribution < -0.4 is 0 Å². The molecule has 0 bridgehead atoms. The van der Waals surface area contributed by atoms with Crippen molar-refractivity contribution < 1.29 is 9.53 Å². The lowest BCUT2D eigenvalue weighted by atomic mass is 9.66. The number of hydrogen-bond donors (Lipinski definition) is 0. The summed E-state index contributed by atoms with van der Waals surface area (Å²) in [7, 11) is 0. The molecule has 0 aromatic carbocycles. The Hall–Kier alpha value is -0.0900. The third kappa shape index (κ3) is 4.95. The van der Waals surface area contributed by atoms with Gasteiger partial charge in [-0.3, -0.25) is 4.79 Å². The van der Waals surface area contributed by atoms with Crippen molar-refractivity contribution in [3.63, 3.8) is 0 Å². The Morgan fingerprint density at radius 2 is 1.91 bits per heavy atom. The van der Waals surface area contributed by atoms with Crippen LogP contribution in [-0.4, -0.2) is 28.7 Å². The largest absolute Gasteiger partial charge is 0.450 e. The molecule has 1 heterocycles. The Balaban J connectivity index is 1.80. The zero-order valence-electron chi connectivity index (χ0n) is 14.2. The standard InChI is InChI=1S/C18H30O2S2/c1-5-15-6-7-16(14(4)13(15)3)8-17(19)20-18-11-21-9-12(2)10-22-18/h13-16,18H,2,5-11H2,1,3-4H3. The van der Waals surface area contributed by atoms with Crippen molar-refractivity contribution in [2.75, 3.05) is 17.3 Å². The molecule has 1 aliphatic heterocycles. The van der Waals surface area contributed by atoms with E-state index < -0.39 is 0 Å². The van der Waals surface area contributed by atoms with Crippen LogP contribution in [0.2, 0.25) is 0 Å². The molecular formula is C18H30O2S2. The maximum atomic E-state index is 12.3. The highest BCUT2D eigenvalue weighted by molar-refractivity contribution is 8.04. The molecular weight excluding hydrogens is 312 g/mol. The van der Waals surface area contributed by atoms with Crippen LogP contribution in [0.3, 0.4) is 0 Å². The first-order chi connectivity index (χ1) is 10.5. The van der Waals surface area contributed by atoms with E-state index in [1.807, 2.05) is 11.8 Å². The molecule has 1 aliphatic carbocycles. The Bertz CT molecular complexity index is 397. The maximum Gasteiger partial charge on any atom is 0.307 e. The van der Waals surface area contributed by atoms with Crippen LogP contribution in [0, 0.1) is 23.7 Å². The maximum absolute atomic E-state index is 12.3. The van der Waals surface area contributed by atoms with Crippen molar-refractivity contribution in [2.24, 2.45) is 23.7 Å². The second-order valence-corrected chi connectivity index (χ2v) is 9.10. The summed E-state index contributed by atoms with van der Waals surface area (Å²) in [5, 5.41) is 0. The number of carbonyl (C=O) groups excluding carboxylic acids is 1. The predicted octanol–water partition coefficient (Wildman–Crippen LogP) is 4.99. The molecule has 5 unspecified atom stereocenters. The smallest absolute Gasteiger partial charge is 0.307 e. The number of hydrogen-bond acceptors (Lipinski definition) is 4. The molecule has 1 saturated carbocycles. The van der Waals surface area contributed by atoms with E-state index in [0.717, 1.165) is 29.1 Å². The van der Waals surface area contributed by atoms with Gasteiger partial charge in [0.1, 0.15) is 0 Å². The average molecular weight is 343 g/mol. The van der Waals surface area contributed by atoms with Crippen molar-refractivity contribution in [1.82, 2.24) is 0 Å². The fourth-order valence-corrected chi connectivity index (χ4v) is 6.02. The van der Waals surface area contributed by atoms with Crippen LogP contribution in [0.5, 0.6) is 0 Å². The van der Waals surface area contributed by atoms with Crippen LogP contribution >= 0.6 is 23.5 Å². The molecule has 0 aromatic rings. The van der Waals surface area contributed by atoms with Crippen molar-refractivity contribution in [1.29, 1.82) is 0 Å². The molecule has 126 valence electrons. The van der Waals surface area contributed by atoms with Gasteiger partial charge in [-0.15, -0.1) is 11.8 Å². The van der Waals surface area contributed by atoms with Gasteiger partial charge in [0, 0.05) is 23.7 Å². The summed E-state index contributed by atoms with van der Waals surface area (Å²) in [6, 6.07) is 0. The molecule has 1 saturated heterocycles. The van der Waals surface area contributed by atoms with Gasteiger partial charge in [0.25, 0.3) is 0 Å². The van der Waals surface area contributed by atoms with Gasteiger partial charge in [-0.05, 0) is 36.5 Å². The average Bonchev–Trinajstić information content (AvgIpc) is 2.69. The predicted molar refractivity (Wildman–Crippen MR) is 98.3 cm³/mol. The first-order valence-electron chi connectivity index (χ1n) is 8.56. The number of rotatable bonds is 4. The summed E-state index contributed by atoms with van der Waals surface area (Å²) >= 11 is 3.55. The molecule has 5 atom stereocenters. The van der Waals surface area contributed by atoms with Gasteiger partial charge in [-0.25, -0.2) is 0 Å². The monoisotopic (exact) mass is 342 g/mol. The lowest BCUT2D eigenvalue weighted by Gasteiger charge is -2.39. The normalized spacial score (nSPS) is 36.7. The first-order valence-corrected chi connectivity index (χ1v) is 10.8. The zero-order valence-corrected chi connectivity index (χ0v) is 15.8. The Morgan fingerprint density at radius 1 is 1.23 bits per heavy atom. The molecule has 2 aliphatic rings. The number of carbonyl (C=O) groups is 1. The molecule has 2 rings (SSSR count). The highest BCUT2D eigenvalue weighted by Crippen LogP contribution is 2.41. The second-order valence-electron chi connectivity index (χ2n) is 6.92. The number of thioether (sulfide) groups is 2. The van der Waals surface area contributed by atoms with Crippen molar-refractivity contribution in [3.8, 4) is 0 Å². The van der Waals surface area contributed by atoms with Gasteiger partial charge in [-0.2, -0.15) is 11.8 Å². The Labute approximate surface area is 144 Å². The molecule has 0 N–H and O–H groups in total. The topological polar surface area (TPSA) is 26.3 Å². The van der Waals surface area contributed by atoms with E-state index in [4.69, 9.17) is 4.74 Å². The third-order valence-corrected chi connectivity index (χ3v) is 8.05. The molecule has 2 nitrogen and oxygen atoms in total. The van der Waals surface area contributed by atoms with Crippen LogP contribution in [-0.2, 0) is 9.53 Å². The van der Waals surface area contributed by atoms with E-state index in [-0.39, 0.29) is 11.4 Å². The quantitative estimate of drug-likeness (QED) is 0.531. The molecule has 0 aromatic heterocycles. The van der Waals surface area contributed by atoms with Crippen LogP contribution in [0.25, 0.3) is 0 Å². The van der Waals surface area contributed by atoms with E-state index in [2.05, 4.69) is 27.4 Å². The highest BCUT2D eigenvalue weighted by atomic mass is 32.2. The molecule has 4 heteroatoms. The number of ether oxygens (including phenoxy) is 1. The fourth-order valence-electron chi connectivity index (χ4n) is 3.75. The van der Waals surface area contributed by atoms with Gasteiger partial charge in [0.05, 0.1) is 0 Å². The molecule has 2 fully saturated rings. The van der Waals surface area contributed by atoms with E-state index in [1.54, 1.807) is 11.8 Å². The zero-order chi connectivity index (χ0) is 16.1. The van der Waals surface area contributed by atoms with Gasteiger partial charge >= 0.3 is 5.97 Å². The lowest BCUT2D eigenvalue weighted by Crippen LogP contribution is -2.33. The van der Waals surface area contributed by atoms with Gasteiger partial charge in [0.2, 0.25) is 0 Å². The molecule has 0 amide bonds. The summed E-state index contributed by atoms with van der Waals surface area (Å²) in [4.78, 5) is 12.3. The van der Waals surface area contributed by atoms with E-state index >= 15 is 0 Å². The second kappa shape index (κ2) is 8.68. The summed E-state index contributed by atoms with van der Waals surface area (Å²) in [6.07, 6.45) is 4.32. The number of esters is 1. The minimum absolute atomic E-state index is 0.00427. The van der Waals surface area contributed by atoms with Gasteiger partial charge in [0.15, 0.2) is 5.44 Å². The van der Waals surface area contributed by atoms with Gasteiger partial charge < -0.3 is 4.74 Å². The van der Waals surface area contributed by atoms with Crippen LogP contribution in [0.15, 0.2) is 12.2 Å². The Morgan fingerprint density at radius 3 is 2.64 bits per heavy atom. The summed E-state index contributed by atoms with van der Waals surface area (Å²) in [6.45, 7) is 11.0. The Kier molecular flexibility index (Phi) is 7.20. The van der Waals surface area contributed by atoms with E-state index in [9.17, 15) is 4.79 Å². The van der Waals surface area contributed by atoms with E-state index in [0.29, 0.717) is 18.3 Å². The fraction of sp³-hybridized carbons (Fsp3) is 0.833. The summed E-state index contributed by atoms with van der Waals surface area (Å²) < 4.78 is 5.72. The van der Waals surface area contributed by atoms with Crippen molar-refractivity contribution in [2.45, 2.75) is 51.9 Å². The summed E-state index contributed by atoms with van der Waals surface area (Å²) in [5.74, 6) is 5.50. The minimum Gasteiger partial charge on any atom is -0.450 e. The van der Waals surface area contributed by atoms with Crippen molar-refractivity contribution in [3.05, 3.63) is 12.2 Å². The minimum atomic E-state index is 0.00427.